The molecule has 1 aromatic rings. The topological polar surface area (TPSA) is 24.5 Å². The Bertz CT molecular complexity index is 419. The minimum atomic E-state index is -4.68. The molecule has 1 N–H and O–H groups in total. The van der Waals surface area contributed by atoms with Crippen LogP contribution in [0.2, 0.25) is 0 Å². The third kappa shape index (κ3) is 3.52. The van der Waals surface area contributed by atoms with Crippen molar-refractivity contribution < 1.29 is 17.9 Å². The van der Waals surface area contributed by atoms with Crippen molar-refractivity contribution in [3.8, 4) is 5.75 Å². The van der Waals surface area contributed by atoms with Gasteiger partial charge in [-0.1, -0.05) is 15.9 Å². The SMILES string of the molecule is FC(F)(F)Oc1cc(Br)ccc1N1CCNCC1. The van der Waals surface area contributed by atoms with Crippen LogP contribution in [0.3, 0.4) is 0 Å². The van der Waals surface area contributed by atoms with E-state index in [2.05, 4.69) is 26.0 Å². The molecule has 18 heavy (non-hydrogen) atoms. The average molecular weight is 325 g/mol. The Hall–Kier alpha value is -0.950. The van der Waals surface area contributed by atoms with Gasteiger partial charge in [-0.2, -0.15) is 0 Å². The molecule has 1 fully saturated rings. The zero-order chi connectivity index (χ0) is 13.2. The Kier molecular flexibility index (Phi) is 4.01. The largest absolute Gasteiger partial charge is 0.573 e. The second-order valence-electron chi connectivity index (χ2n) is 3.90. The van der Waals surface area contributed by atoms with Crippen LogP contribution in [0.5, 0.6) is 5.75 Å². The molecule has 2 rings (SSSR count). The summed E-state index contributed by atoms with van der Waals surface area (Å²) in [6.45, 7) is 2.83. The van der Waals surface area contributed by atoms with Crippen molar-refractivity contribution in [2.75, 3.05) is 31.1 Å². The number of benzene rings is 1. The molecule has 1 aliphatic heterocycles. The summed E-state index contributed by atoms with van der Waals surface area (Å²) in [7, 11) is 0. The van der Waals surface area contributed by atoms with E-state index in [9.17, 15) is 13.2 Å². The summed E-state index contributed by atoms with van der Waals surface area (Å²) in [5, 5.41) is 3.15. The first kappa shape index (κ1) is 13.5. The van der Waals surface area contributed by atoms with Crippen LogP contribution in [-0.2, 0) is 0 Å². The molecule has 100 valence electrons. The van der Waals surface area contributed by atoms with Crippen LogP contribution < -0.4 is 15.0 Å². The van der Waals surface area contributed by atoms with Crippen LogP contribution in [0.15, 0.2) is 22.7 Å². The third-order valence-corrected chi connectivity index (χ3v) is 3.10. The monoisotopic (exact) mass is 324 g/mol. The van der Waals surface area contributed by atoms with E-state index in [1.165, 1.54) is 6.07 Å². The molecule has 0 aliphatic carbocycles. The molecule has 1 saturated heterocycles. The minimum absolute atomic E-state index is 0.168. The number of alkyl halides is 3. The number of nitrogens with one attached hydrogen (secondary N) is 1. The lowest BCUT2D eigenvalue weighted by Gasteiger charge is -2.31. The number of anilines is 1. The normalized spacial score (nSPS) is 16.8. The lowest BCUT2D eigenvalue weighted by molar-refractivity contribution is -0.274. The van der Waals surface area contributed by atoms with Gasteiger partial charge in [0.15, 0.2) is 5.75 Å². The maximum atomic E-state index is 12.4. The van der Waals surface area contributed by atoms with Crippen molar-refractivity contribution in [1.82, 2.24) is 5.32 Å². The van der Waals surface area contributed by atoms with Crippen molar-refractivity contribution in [3.05, 3.63) is 22.7 Å². The smallest absolute Gasteiger partial charge is 0.404 e. The number of hydrogen-bond donors (Lipinski definition) is 1. The fourth-order valence-corrected chi connectivity index (χ4v) is 2.20. The lowest BCUT2D eigenvalue weighted by atomic mass is 10.2. The fraction of sp³-hybridized carbons (Fsp3) is 0.455. The van der Waals surface area contributed by atoms with Crippen LogP contribution in [0.25, 0.3) is 0 Å². The molecule has 0 bridgehead atoms. The van der Waals surface area contributed by atoms with E-state index < -0.39 is 6.36 Å². The molecule has 1 aromatic carbocycles. The van der Waals surface area contributed by atoms with E-state index in [0.717, 1.165) is 13.1 Å². The molecular weight excluding hydrogens is 313 g/mol. The molecule has 0 radical (unpaired) electrons. The van der Waals surface area contributed by atoms with Gasteiger partial charge in [0.2, 0.25) is 0 Å². The van der Waals surface area contributed by atoms with Gasteiger partial charge in [0.05, 0.1) is 5.69 Å². The van der Waals surface area contributed by atoms with Crippen LogP contribution >= 0.6 is 15.9 Å². The first-order valence-electron chi connectivity index (χ1n) is 5.47. The van der Waals surface area contributed by atoms with Gasteiger partial charge in [-0.25, -0.2) is 0 Å². The number of rotatable bonds is 2. The number of hydrogen-bond acceptors (Lipinski definition) is 3. The van der Waals surface area contributed by atoms with Crippen molar-refractivity contribution in [2.24, 2.45) is 0 Å². The quantitative estimate of drug-likeness (QED) is 0.905. The lowest BCUT2D eigenvalue weighted by Crippen LogP contribution is -2.43. The van der Waals surface area contributed by atoms with Gasteiger partial charge in [-0.05, 0) is 18.2 Å². The number of nitrogens with zero attached hydrogens (tertiary/aromatic N) is 1. The van der Waals surface area contributed by atoms with Gasteiger partial charge in [0.1, 0.15) is 0 Å². The Morgan fingerprint density at radius 2 is 1.89 bits per heavy atom. The predicted octanol–water partition coefficient (Wildman–Crippen LogP) is 2.76. The molecule has 0 spiro atoms. The molecule has 7 heteroatoms. The summed E-state index contributed by atoms with van der Waals surface area (Å²) in [5.74, 6) is -0.168. The molecule has 0 aromatic heterocycles. The first-order chi connectivity index (χ1) is 8.46. The highest BCUT2D eigenvalue weighted by Gasteiger charge is 2.33. The predicted molar refractivity (Wildman–Crippen MR) is 65.9 cm³/mol. The van der Waals surface area contributed by atoms with Gasteiger partial charge >= 0.3 is 6.36 Å². The fourth-order valence-electron chi connectivity index (χ4n) is 1.86. The summed E-state index contributed by atoms with van der Waals surface area (Å²) in [4.78, 5) is 1.88. The van der Waals surface area contributed by atoms with Crippen molar-refractivity contribution >= 4 is 21.6 Å². The molecule has 0 atom stereocenters. The number of halogens is 4. The standard InChI is InChI=1S/C11H12BrF3N2O/c12-8-1-2-9(17-5-3-16-4-6-17)10(7-8)18-11(13,14)15/h1-2,7,16H,3-6H2. The Morgan fingerprint density at radius 1 is 1.22 bits per heavy atom. The highest BCUT2D eigenvalue weighted by Crippen LogP contribution is 2.35. The first-order valence-corrected chi connectivity index (χ1v) is 6.26. The Labute approximate surface area is 111 Å². The van der Waals surface area contributed by atoms with Crippen LogP contribution in [0, 0.1) is 0 Å². The van der Waals surface area contributed by atoms with E-state index in [1.807, 2.05) is 4.90 Å². The van der Waals surface area contributed by atoms with E-state index in [-0.39, 0.29) is 5.75 Å². The summed E-state index contributed by atoms with van der Waals surface area (Å²) in [6.07, 6.45) is -4.68. The summed E-state index contributed by atoms with van der Waals surface area (Å²) in [5.41, 5.74) is 0.469. The molecule has 1 aliphatic rings. The maximum Gasteiger partial charge on any atom is 0.573 e. The van der Waals surface area contributed by atoms with Crippen molar-refractivity contribution in [1.29, 1.82) is 0 Å². The van der Waals surface area contributed by atoms with Crippen LogP contribution in [0.1, 0.15) is 0 Å². The van der Waals surface area contributed by atoms with Gasteiger partial charge < -0.3 is 15.0 Å². The minimum Gasteiger partial charge on any atom is -0.404 e. The zero-order valence-electron chi connectivity index (χ0n) is 9.43. The maximum absolute atomic E-state index is 12.4. The van der Waals surface area contributed by atoms with Crippen LogP contribution in [-0.4, -0.2) is 32.5 Å². The van der Waals surface area contributed by atoms with Gasteiger partial charge in [0.25, 0.3) is 0 Å². The molecule has 1 heterocycles. The third-order valence-electron chi connectivity index (χ3n) is 2.61. The number of piperazine rings is 1. The zero-order valence-corrected chi connectivity index (χ0v) is 11.0. The molecule has 0 unspecified atom stereocenters. The van der Waals surface area contributed by atoms with Crippen LogP contribution in [0.4, 0.5) is 18.9 Å². The average Bonchev–Trinajstić information content (AvgIpc) is 2.28. The molecule has 0 amide bonds. The number of ether oxygens (including phenoxy) is 1. The Morgan fingerprint density at radius 3 is 2.50 bits per heavy atom. The molecule has 3 nitrogen and oxygen atoms in total. The highest BCUT2D eigenvalue weighted by atomic mass is 79.9. The van der Waals surface area contributed by atoms with E-state index in [0.29, 0.717) is 23.2 Å². The second kappa shape index (κ2) is 5.36. The summed E-state index contributed by atoms with van der Waals surface area (Å²) in [6, 6.07) is 4.68. The van der Waals surface area contributed by atoms with Crippen molar-refractivity contribution in [2.45, 2.75) is 6.36 Å². The Balaban J connectivity index is 2.27. The van der Waals surface area contributed by atoms with Crippen molar-refractivity contribution in [3.63, 3.8) is 0 Å². The second-order valence-corrected chi connectivity index (χ2v) is 4.81. The van der Waals surface area contributed by atoms with Gasteiger partial charge in [0, 0.05) is 30.7 Å². The summed E-state index contributed by atoms with van der Waals surface area (Å²) >= 11 is 3.15. The molecular formula is C11H12BrF3N2O. The molecule has 0 saturated carbocycles. The van der Waals surface area contributed by atoms with Gasteiger partial charge in [-0.3, -0.25) is 0 Å². The van der Waals surface area contributed by atoms with E-state index in [4.69, 9.17) is 0 Å². The van der Waals surface area contributed by atoms with E-state index in [1.54, 1.807) is 12.1 Å². The highest BCUT2D eigenvalue weighted by molar-refractivity contribution is 9.10. The van der Waals surface area contributed by atoms with E-state index >= 15 is 0 Å². The van der Waals surface area contributed by atoms with Gasteiger partial charge in [-0.15, -0.1) is 13.2 Å². The summed E-state index contributed by atoms with van der Waals surface area (Å²) < 4.78 is 41.7.